The van der Waals surface area contributed by atoms with Crippen LogP contribution in [0.3, 0.4) is 0 Å². The summed E-state index contributed by atoms with van der Waals surface area (Å²) >= 11 is 0. The van der Waals surface area contributed by atoms with E-state index in [0.717, 1.165) is 38.3 Å². The molecule has 1 unspecified atom stereocenters. The second-order valence-electron chi connectivity index (χ2n) is 5.54. The first kappa shape index (κ1) is 14.5. The predicted octanol–water partition coefficient (Wildman–Crippen LogP) is 2.46. The predicted molar refractivity (Wildman–Crippen MR) is 72.0 cm³/mol. The largest absolute Gasteiger partial charge is 0.355 e. The van der Waals surface area contributed by atoms with Crippen LogP contribution in [0.5, 0.6) is 0 Å². The Morgan fingerprint density at radius 1 is 1.29 bits per heavy atom. The minimum absolute atomic E-state index is 0.0796. The maximum absolute atomic E-state index is 11.6. The molecule has 100 valence electrons. The van der Waals surface area contributed by atoms with Crippen LogP contribution in [-0.2, 0) is 4.79 Å². The Morgan fingerprint density at radius 2 is 2.06 bits per heavy atom. The van der Waals surface area contributed by atoms with Crippen molar-refractivity contribution in [2.45, 2.75) is 64.8 Å². The molecule has 1 heterocycles. The summed E-state index contributed by atoms with van der Waals surface area (Å²) in [6, 6.07) is 0.0796. The molecule has 1 saturated heterocycles. The van der Waals surface area contributed by atoms with Crippen molar-refractivity contribution in [1.29, 1.82) is 0 Å². The van der Waals surface area contributed by atoms with Gasteiger partial charge >= 0.3 is 0 Å². The van der Waals surface area contributed by atoms with E-state index in [1.165, 1.54) is 25.7 Å². The smallest absolute Gasteiger partial charge is 0.237 e. The quantitative estimate of drug-likeness (QED) is 0.640. The molecule has 1 amide bonds. The second kappa shape index (κ2) is 8.51. The summed E-state index contributed by atoms with van der Waals surface area (Å²) in [7, 11) is 0. The molecule has 0 saturated carbocycles. The number of unbranched alkanes of at least 4 members (excludes halogenated alkanes) is 3. The first-order chi connectivity index (χ1) is 8.20. The Kier molecular flexibility index (Phi) is 7.25. The van der Waals surface area contributed by atoms with Crippen molar-refractivity contribution < 1.29 is 4.79 Å². The fourth-order valence-corrected chi connectivity index (χ4v) is 2.27. The number of hydrogen-bond donors (Lipinski definition) is 2. The third-order valence-corrected chi connectivity index (χ3v) is 3.38. The molecule has 0 bridgehead atoms. The van der Waals surface area contributed by atoms with Crippen LogP contribution in [-0.4, -0.2) is 25.0 Å². The Hall–Kier alpha value is -0.570. The Morgan fingerprint density at radius 3 is 2.71 bits per heavy atom. The van der Waals surface area contributed by atoms with Gasteiger partial charge in [-0.05, 0) is 31.7 Å². The molecule has 1 atom stereocenters. The molecule has 0 aromatic heterocycles. The lowest BCUT2D eigenvalue weighted by Crippen LogP contribution is -2.40. The Balaban J connectivity index is 1.88. The molecule has 0 radical (unpaired) electrons. The van der Waals surface area contributed by atoms with E-state index in [9.17, 15) is 4.79 Å². The van der Waals surface area contributed by atoms with Crippen molar-refractivity contribution in [3.63, 3.8) is 0 Å². The van der Waals surface area contributed by atoms with E-state index in [-0.39, 0.29) is 11.9 Å². The number of nitrogens with one attached hydrogen (secondary N) is 2. The van der Waals surface area contributed by atoms with Gasteiger partial charge in [0, 0.05) is 6.54 Å². The highest BCUT2D eigenvalue weighted by Crippen LogP contribution is 2.09. The van der Waals surface area contributed by atoms with E-state index < -0.39 is 0 Å². The zero-order valence-corrected chi connectivity index (χ0v) is 11.4. The molecule has 0 aliphatic carbocycles. The van der Waals surface area contributed by atoms with Gasteiger partial charge in [-0.1, -0.05) is 39.5 Å². The summed E-state index contributed by atoms with van der Waals surface area (Å²) in [6.07, 6.45) is 8.46. The van der Waals surface area contributed by atoms with E-state index in [0.29, 0.717) is 0 Å². The molecule has 1 aliphatic rings. The van der Waals surface area contributed by atoms with Gasteiger partial charge in [-0.3, -0.25) is 4.79 Å². The minimum Gasteiger partial charge on any atom is -0.355 e. The summed E-state index contributed by atoms with van der Waals surface area (Å²) in [5.74, 6) is 1.02. The van der Waals surface area contributed by atoms with Gasteiger partial charge in [0.25, 0.3) is 0 Å². The zero-order chi connectivity index (χ0) is 12.5. The third-order valence-electron chi connectivity index (χ3n) is 3.38. The number of carbonyl (C=O) groups excluding carboxylic acids is 1. The van der Waals surface area contributed by atoms with Crippen LogP contribution in [0.25, 0.3) is 0 Å². The average molecular weight is 240 g/mol. The fraction of sp³-hybridized carbons (Fsp3) is 0.929. The topological polar surface area (TPSA) is 41.1 Å². The van der Waals surface area contributed by atoms with Crippen LogP contribution in [0.15, 0.2) is 0 Å². The molecule has 1 fully saturated rings. The molecule has 2 N–H and O–H groups in total. The van der Waals surface area contributed by atoms with Crippen LogP contribution in [0.4, 0.5) is 0 Å². The van der Waals surface area contributed by atoms with Crippen molar-refractivity contribution in [2.24, 2.45) is 5.92 Å². The van der Waals surface area contributed by atoms with Crippen LogP contribution in [0, 0.1) is 5.92 Å². The van der Waals surface area contributed by atoms with Crippen molar-refractivity contribution >= 4 is 5.91 Å². The summed E-state index contributed by atoms with van der Waals surface area (Å²) in [5, 5.41) is 6.24. The van der Waals surface area contributed by atoms with E-state index in [1.54, 1.807) is 0 Å². The highest BCUT2D eigenvalue weighted by Gasteiger charge is 2.20. The Labute approximate surface area is 106 Å². The van der Waals surface area contributed by atoms with E-state index >= 15 is 0 Å². The first-order valence-corrected chi connectivity index (χ1v) is 7.21. The van der Waals surface area contributed by atoms with Crippen LogP contribution < -0.4 is 10.6 Å². The summed E-state index contributed by atoms with van der Waals surface area (Å²) < 4.78 is 0. The van der Waals surface area contributed by atoms with Crippen molar-refractivity contribution in [2.75, 3.05) is 13.1 Å². The van der Waals surface area contributed by atoms with Gasteiger partial charge in [-0.15, -0.1) is 0 Å². The first-order valence-electron chi connectivity index (χ1n) is 7.21. The van der Waals surface area contributed by atoms with Gasteiger partial charge in [0.1, 0.15) is 0 Å². The van der Waals surface area contributed by atoms with Crippen LogP contribution >= 0.6 is 0 Å². The molecular weight excluding hydrogens is 212 g/mol. The van der Waals surface area contributed by atoms with Gasteiger partial charge in [-0.25, -0.2) is 0 Å². The SMILES string of the molecule is CC(C)CCCCCCNC(=O)C1CCCN1. The maximum Gasteiger partial charge on any atom is 0.237 e. The van der Waals surface area contributed by atoms with Gasteiger partial charge in [0.15, 0.2) is 0 Å². The molecule has 3 heteroatoms. The molecule has 1 aliphatic heterocycles. The van der Waals surface area contributed by atoms with E-state index in [1.807, 2.05) is 0 Å². The van der Waals surface area contributed by atoms with Crippen molar-refractivity contribution in [1.82, 2.24) is 10.6 Å². The van der Waals surface area contributed by atoms with Crippen molar-refractivity contribution in [3.05, 3.63) is 0 Å². The molecule has 0 spiro atoms. The zero-order valence-electron chi connectivity index (χ0n) is 11.4. The minimum atomic E-state index is 0.0796. The van der Waals surface area contributed by atoms with Crippen LogP contribution in [0.1, 0.15) is 58.8 Å². The van der Waals surface area contributed by atoms with Gasteiger partial charge in [0.2, 0.25) is 5.91 Å². The van der Waals surface area contributed by atoms with Gasteiger partial charge < -0.3 is 10.6 Å². The van der Waals surface area contributed by atoms with Gasteiger partial charge in [-0.2, -0.15) is 0 Å². The highest BCUT2D eigenvalue weighted by atomic mass is 16.2. The number of amides is 1. The van der Waals surface area contributed by atoms with E-state index in [4.69, 9.17) is 0 Å². The van der Waals surface area contributed by atoms with E-state index in [2.05, 4.69) is 24.5 Å². The fourth-order valence-electron chi connectivity index (χ4n) is 2.27. The summed E-state index contributed by atoms with van der Waals surface area (Å²) in [5.41, 5.74) is 0. The number of hydrogen-bond acceptors (Lipinski definition) is 2. The number of rotatable bonds is 8. The average Bonchev–Trinajstić information content (AvgIpc) is 2.80. The molecule has 17 heavy (non-hydrogen) atoms. The Bertz CT molecular complexity index is 210. The lowest BCUT2D eigenvalue weighted by atomic mass is 10.0. The van der Waals surface area contributed by atoms with Gasteiger partial charge in [0.05, 0.1) is 6.04 Å². The second-order valence-corrected chi connectivity index (χ2v) is 5.54. The molecular formula is C14H28N2O. The lowest BCUT2D eigenvalue weighted by molar-refractivity contribution is -0.122. The molecule has 1 rings (SSSR count). The standard InChI is InChI=1S/C14H28N2O/c1-12(2)8-5-3-4-6-10-16-14(17)13-9-7-11-15-13/h12-13,15H,3-11H2,1-2H3,(H,16,17). The monoisotopic (exact) mass is 240 g/mol. The molecule has 3 nitrogen and oxygen atoms in total. The lowest BCUT2D eigenvalue weighted by Gasteiger charge is -2.10. The number of carbonyl (C=O) groups is 1. The van der Waals surface area contributed by atoms with Crippen LogP contribution in [0.2, 0.25) is 0 Å². The molecule has 0 aromatic carbocycles. The normalized spacial score (nSPS) is 19.8. The van der Waals surface area contributed by atoms with Crippen molar-refractivity contribution in [3.8, 4) is 0 Å². The highest BCUT2D eigenvalue weighted by molar-refractivity contribution is 5.81. The maximum atomic E-state index is 11.6. The third kappa shape index (κ3) is 6.67. The summed E-state index contributed by atoms with van der Waals surface area (Å²) in [6.45, 7) is 6.38. The summed E-state index contributed by atoms with van der Waals surface area (Å²) in [4.78, 5) is 11.6. The molecule has 0 aromatic rings.